The van der Waals surface area contributed by atoms with Crippen molar-refractivity contribution >= 4 is 11.7 Å². The Hall–Kier alpha value is -2.98. The van der Waals surface area contributed by atoms with Gasteiger partial charge in [0.15, 0.2) is 0 Å². The maximum absolute atomic E-state index is 13.6. The molecule has 0 N–H and O–H groups in total. The van der Waals surface area contributed by atoms with Gasteiger partial charge in [0.1, 0.15) is 11.9 Å². The van der Waals surface area contributed by atoms with Gasteiger partial charge >= 0.3 is 6.03 Å². The van der Waals surface area contributed by atoms with Crippen LogP contribution in [0, 0.1) is 17.1 Å². The van der Waals surface area contributed by atoms with Gasteiger partial charge in [-0.3, -0.25) is 14.8 Å². The minimum atomic E-state index is -0.484. The molecule has 0 radical (unpaired) electrons. The van der Waals surface area contributed by atoms with Crippen LogP contribution in [0.1, 0.15) is 43.5 Å². The third-order valence-electron chi connectivity index (χ3n) is 6.44. The highest BCUT2D eigenvalue weighted by Crippen LogP contribution is 2.39. The standard InChI is InChI=1S/C24H28FN5O/c1-24(2)16-30(21-5-4-10-27-22(21)24)23(31)29-11-8-19(9-12-29)28(3)15-17-6-7-20(25)18(13-17)14-26/h4-7,10,13,19H,8-9,11-12,15-16H2,1-3H3. The van der Waals surface area contributed by atoms with Crippen molar-refractivity contribution in [3.63, 3.8) is 0 Å². The first-order chi connectivity index (χ1) is 14.8. The van der Waals surface area contributed by atoms with E-state index in [-0.39, 0.29) is 17.0 Å². The number of carbonyl (C=O) groups is 1. The third-order valence-corrected chi connectivity index (χ3v) is 6.44. The molecule has 4 rings (SSSR count). The monoisotopic (exact) mass is 421 g/mol. The predicted octanol–water partition coefficient (Wildman–Crippen LogP) is 3.91. The molecule has 1 aromatic carbocycles. The first-order valence-electron chi connectivity index (χ1n) is 10.7. The fourth-order valence-corrected chi connectivity index (χ4v) is 4.70. The van der Waals surface area contributed by atoms with Gasteiger partial charge in [0.2, 0.25) is 0 Å². The lowest BCUT2D eigenvalue weighted by Crippen LogP contribution is -2.50. The maximum Gasteiger partial charge on any atom is 0.324 e. The van der Waals surface area contributed by atoms with E-state index < -0.39 is 5.82 Å². The maximum atomic E-state index is 13.6. The number of fused-ring (bicyclic) bond motifs is 1. The Morgan fingerprint density at radius 3 is 2.77 bits per heavy atom. The molecule has 2 aromatic rings. The number of carbonyl (C=O) groups excluding carboxylic acids is 1. The van der Waals surface area contributed by atoms with Crippen molar-refractivity contribution in [3.05, 3.63) is 59.2 Å². The number of benzene rings is 1. The lowest BCUT2D eigenvalue weighted by molar-refractivity contribution is 0.133. The van der Waals surface area contributed by atoms with Crippen LogP contribution in [0.25, 0.3) is 0 Å². The van der Waals surface area contributed by atoms with E-state index in [1.165, 1.54) is 6.07 Å². The Labute approximate surface area is 182 Å². The molecule has 2 aliphatic heterocycles. The van der Waals surface area contributed by atoms with E-state index in [1.807, 2.05) is 35.0 Å². The SMILES string of the molecule is CN(Cc1ccc(F)c(C#N)c1)C1CCN(C(=O)N2CC(C)(C)c3ncccc32)CC1. The summed E-state index contributed by atoms with van der Waals surface area (Å²) >= 11 is 0. The summed E-state index contributed by atoms with van der Waals surface area (Å²) in [6.07, 6.45) is 3.55. The number of amides is 2. The Balaban J connectivity index is 1.37. The molecule has 0 saturated carbocycles. The smallest absolute Gasteiger partial charge is 0.324 e. The van der Waals surface area contributed by atoms with Crippen molar-refractivity contribution in [2.45, 2.75) is 44.7 Å². The molecule has 1 saturated heterocycles. The lowest BCUT2D eigenvalue weighted by atomic mass is 9.91. The van der Waals surface area contributed by atoms with E-state index in [1.54, 1.807) is 18.3 Å². The summed E-state index contributed by atoms with van der Waals surface area (Å²) in [5, 5.41) is 9.04. The fourth-order valence-electron chi connectivity index (χ4n) is 4.70. The van der Waals surface area contributed by atoms with Crippen LogP contribution in [-0.2, 0) is 12.0 Å². The van der Waals surface area contributed by atoms with Crippen LogP contribution in [0.4, 0.5) is 14.9 Å². The first-order valence-corrected chi connectivity index (χ1v) is 10.7. The predicted molar refractivity (Wildman–Crippen MR) is 117 cm³/mol. The Kier molecular flexibility index (Phi) is 5.67. The Bertz CT molecular complexity index is 1020. The molecule has 0 spiro atoms. The van der Waals surface area contributed by atoms with Crippen LogP contribution < -0.4 is 4.90 Å². The molecule has 0 atom stereocenters. The Morgan fingerprint density at radius 1 is 1.32 bits per heavy atom. The molecule has 2 amide bonds. The lowest BCUT2D eigenvalue weighted by Gasteiger charge is -2.38. The molecule has 1 aromatic heterocycles. The van der Waals surface area contributed by atoms with Gasteiger partial charge in [-0.15, -0.1) is 0 Å². The highest BCUT2D eigenvalue weighted by molar-refractivity contribution is 5.94. The van der Waals surface area contributed by atoms with E-state index >= 15 is 0 Å². The number of halogens is 1. The van der Waals surface area contributed by atoms with Crippen LogP contribution in [-0.4, -0.2) is 53.5 Å². The van der Waals surface area contributed by atoms with Crippen molar-refractivity contribution in [1.29, 1.82) is 5.26 Å². The summed E-state index contributed by atoms with van der Waals surface area (Å²) in [7, 11) is 2.04. The van der Waals surface area contributed by atoms with E-state index in [9.17, 15) is 9.18 Å². The zero-order valence-electron chi connectivity index (χ0n) is 18.3. The fraction of sp³-hybridized carbons (Fsp3) is 0.458. The number of pyridine rings is 1. The molecule has 31 heavy (non-hydrogen) atoms. The third kappa shape index (κ3) is 4.13. The number of nitriles is 1. The van der Waals surface area contributed by atoms with Crippen LogP contribution in [0.15, 0.2) is 36.5 Å². The van der Waals surface area contributed by atoms with Gasteiger partial charge < -0.3 is 4.90 Å². The number of anilines is 1. The second-order valence-electron chi connectivity index (χ2n) is 9.18. The van der Waals surface area contributed by atoms with Gasteiger partial charge in [0.05, 0.1) is 16.9 Å². The van der Waals surface area contributed by atoms with Gasteiger partial charge in [-0.2, -0.15) is 5.26 Å². The molecular formula is C24H28FN5O. The van der Waals surface area contributed by atoms with Crippen molar-refractivity contribution in [2.24, 2.45) is 0 Å². The largest absolute Gasteiger partial charge is 0.324 e. The highest BCUT2D eigenvalue weighted by atomic mass is 19.1. The van der Waals surface area contributed by atoms with Crippen LogP contribution >= 0.6 is 0 Å². The zero-order chi connectivity index (χ0) is 22.2. The van der Waals surface area contributed by atoms with E-state index in [2.05, 4.69) is 23.7 Å². The first kappa shape index (κ1) is 21.3. The average Bonchev–Trinajstić information content (AvgIpc) is 3.05. The van der Waals surface area contributed by atoms with Crippen LogP contribution in [0.3, 0.4) is 0 Å². The molecule has 162 valence electrons. The van der Waals surface area contributed by atoms with Gasteiger partial charge in [0, 0.05) is 43.8 Å². The molecule has 2 aliphatic rings. The number of nitrogens with zero attached hydrogens (tertiary/aromatic N) is 5. The van der Waals surface area contributed by atoms with Gasteiger partial charge in [-0.05, 0) is 49.7 Å². The number of piperidine rings is 1. The molecule has 0 aliphatic carbocycles. The van der Waals surface area contributed by atoms with Crippen molar-refractivity contribution in [1.82, 2.24) is 14.8 Å². The topological polar surface area (TPSA) is 63.5 Å². The second-order valence-corrected chi connectivity index (χ2v) is 9.18. The summed E-state index contributed by atoms with van der Waals surface area (Å²) in [6, 6.07) is 10.9. The number of hydrogen-bond acceptors (Lipinski definition) is 4. The molecule has 7 heteroatoms. The number of hydrogen-bond donors (Lipinski definition) is 0. The molecule has 1 fully saturated rings. The quantitative estimate of drug-likeness (QED) is 0.754. The number of rotatable bonds is 3. The van der Waals surface area contributed by atoms with Crippen molar-refractivity contribution < 1.29 is 9.18 Å². The molecule has 6 nitrogen and oxygen atoms in total. The van der Waals surface area contributed by atoms with E-state index in [0.717, 1.165) is 29.8 Å². The highest BCUT2D eigenvalue weighted by Gasteiger charge is 2.41. The summed E-state index contributed by atoms with van der Waals surface area (Å²) < 4.78 is 13.6. The minimum Gasteiger partial charge on any atom is -0.324 e. The second kappa shape index (κ2) is 8.27. The number of aromatic nitrogens is 1. The van der Waals surface area contributed by atoms with Crippen LogP contribution in [0.5, 0.6) is 0 Å². The number of likely N-dealkylation sites (tertiary alicyclic amines) is 1. The summed E-state index contributed by atoms with van der Waals surface area (Å²) in [4.78, 5) is 23.8. The minimum absolute atomic E-state index is 0.0538. The summed E-state index contributed by atoms with van der Waals surface area (Å²) in [5.41, 5.74) is 2.75. The normalized spacial score (nSPS) is 18.2. The zero-order valence-corrected chi connectivity index (χ0v) is 18.3. The van der Waals surface area contributed by atoms with Gasteiger partial charge in [0.25, 0.3) is 0 Å². The van der Waals surface area contributed by atoms with Crippen LogP contribution in [0.2, 0.25) is 0 Å². The summed E-state index contributed by atoms with van der Waals surface area (Å²) in [6.45, 7) is 6.94. The number of urea groups is 1. The van der Waals surface area contributed by atoms with Crippen molar-refractivity contribution in [2.75, 3.05) is 31.6 Å². The molecule has 0 unspecified atom stereocenters. The van der Waals surface area contributed by atoms with E-state index in [0.29, 0.717) is 32.2 Å². The molecule has 0 bridgehead atoms. The molecule has 3 heterocycles. The van der Waals surface area contributed by atoms with Crippen molar-refractivity contribution in [3.8, 4) is 6.07 Å². The Morgan fingerprint density at radius 2 is 2.06 bits per heavy atom. The average molecular weight is 422 g/mol. The van der Waals surface area contributed by atoms with Gasteiger partial charge in [-0.1, -0.05) is 19.9 Å². The summed E-state index contributed by atoms with van der Waals surface area (Å²) in [5.74, 6) is -0.484. The van der Waals surface area contributed by atoms with Gasteiger partial charge in [-0.25, -0.2) is 9.18 Å². The van der Waals surface area contributed by atoms with E-state index in [4.69, 9.17) is 5.26 Å². The molecular weight excluding hydrogens is 393 g/mol.